The Morgan fingerprint density at radius 2 is 2.18 bits per heavy atom. The first-order valence-corrected chi connectivity index (χ1v) is 7.55. The number of amides is 1. The molecule has 1 unspecified atom stereocenters. The molecule has 0 bridgehead atoms. The van der Waals surface area contributed by atoms with Gasteiger partial charge in [0.1, 0.15) is 0 Å². The average molecular weight is 325 g/mol. The van der Waals surface area contributed by atoms with Crippen LogP contribution in [0.15, 0.2) is 18.2 Å². The summed E-state index contributed by atoms with van der Waals surface area (Å²) in [5, 5.41) is 3.76. The van der Waals surface area contributed by atoms with Crippen molar-refractivity contribution in [1.29, 1.82) is 0 Å². The van der Waals surface area contributed by atoms with Gasteiger partial charge in [-0.2, -0.15) is 0 Å². The summed E-state index contributed by atoms with van der Waals surface area (Å²) in [7, 11) is 3.09. The van der Waals surface area contributed by atoms with Crippen molar-refractivity contribution in [1.82, 2.24) is 10.2 Å². The van der Waals surface area contributed by atoms with Crippen molar-refractivity contribution in [3.05, 3.63) is 28.8 Å². The molecule has 5 nitrogen and oxygen atoms in total. The average Bonchev–Trinajstić information content (AvgIpc) is 2.51. The molecule has 0 aromatic heterocycles. The number of halogens is 1. The fourth-order valence-electron chi connectivity index (χ4n) is 2.44. The minimum Gasteiger partial charge on any atom is -0.493 e. The molecule has 1 amide bonds. The Hall–Kier alpha value is -1.72. The molecule has 1 aromatic rings. The Kier molecular flexibility index (Phi) is 5.69. The van der Waals surface area contributed by atoms with Crippen molar-refractivity contribution in [2.45, 2.75) is 13.0 Å². The quantitative estimate of drug-likeness (QED) is 0.863. The lowest BCUT2D eigenvalue weighted by atomic mass is 10.1. The number of carbonyl (C=O) groups excluding carboxylic acids is 1. The summed E-state index contributed by atoms with van der Waals surface area (Å²) >= 11 is 6.15. The molecule has 0 spiro atoms. The van der Waals surface area contributed by atoms with Crippen molar-refractivity contribution in [2.75, 3.05) is 33.9 Å². The van der Waals surface area contributed by atoms with E-state index in [-0.39, 0.29) is 5.91 Å². The number of nitrogens with zero attached hydrogens (tertiary/aromatic N) is 1. The van der Waals surface area contributed by atoms with Crippen molar-refractivity contribution in [3.8, 4) is 11.5 Å². The maximum Gasteiger partial charge on any atom is 0.246 e. The molecular formula is C16H21ClN2O3. The van der Waals surface area contributed by atoms with Gasteiger partial charge in [0.15, 0.2) is 11.5 Å². The number of piperazine rings is 1. The molecule has 6 heteroatoms. The Balaban J connectivity index is 2.12. The first-order chi connectivity index (χ1) is 10.5. The molecule has 0 radical (unpaired) electrons. The fraction of sp³-hybridized carbons (Fsp3) is 0.438. The van der Waals surface area contributed by atoms with Gasteiger partial charge in [0.25, 0.3) is 0 Å². The first-order valence-electron chi connectivity index (χ1n) is 7.17. The Bertz CT molecular complexity index is 575. The zero-order valence-corrected chi connectivity index (χ0v) is 13.8. The molecule has 1 atom stereocenters. The molecule has 1 fully saturated rings. The van der Waals surface area contributed by atoms with Gasteiger partial charge in [-0.1, -0.05) is 11.6 Å². The minimum absolute atomic E-state index is 0.000688. The molecule has 0 aliphatic carbocycles. The van der Waals surface area contributed by atoms with Gasteiger partial charge < -0.3 is 19.7 Å². The van der Waals surface area contributed by atoms with E-state index in [4.69, 9.17) is 21.1 Å². The number of rotatable bonds is 4. The van der Waals surface area contributed by atoms with Crippen molar-refractivity contribution in [3.63, 3.8) is 0 Å². The van der Waals surface area contributed by atoms with Gasteiger partial charge in [0.05, 0.1) is 19.2 Å². The van der Waals surface area contributed by atoms with Crippen LogP contribution in [0.4, 0.5) is 0 Å². The highest BCUT2D eigenvalue weighted by atomic mass is 35.5. The Morgan fingerprint density at radius 1 is 1.41 bits per heavy atom. The Labute approximate surface area is 135 Å². The highest BCUT2D eigenvalue weighted by Gasteiger charge is 2.18. The van der Waals surface area contributed by atoms with E-state index in [1.54, 1.807) is 31.4 Å². The maximum atomic E-state index is 12.2. The zero-order valence-electron chi connectivity index (χ0n) is 13.1. The summed E-state index contributed by atoms with van der Waals surface area (Å²) in [4.78, 5) is 14.0. The Morgan fingerprint density at radius 3 is 2.82 bits per heavy atom. The first kappa shape index (κ1) is 16.6. The number of nitrogens with one attached hydrogen (secondary N) is 1. The second-order valence-corrected chi connectivity index (χ2v) is 5.62. The van der Waals surface area contributed by atoms with E-state index in [2.05, 4.69) is 12.2 Å². The summed E-state index contributed by atoms with van der Waals surface area (Å²) in [6.45, 7) is 4.33. The van der Waals surface area contributed by atoms with Gasteiger partial charge in [0.2, 0.25) is 5.91 Å². The molecule has 1 N–H and O–H groups in total. The molecule has 120 valence electrons. The third kappa shape index (κ3) is 3.93. The highest BCUT2D eigenvalue weighted by molar-refractivity contribution is 6.32. The smallest absolute Gasteiger partial charge is 0.246 e. The lowest BCUT2D eigenvalue weighted by molar-refractivity contribution is -0.127. The summed E-state index contributed by atoms with van der Waals surface area (Å²) in [5.74, 6) is 1.03. The monoisotopic (exact) mass is 324 g/mol. The molecule has 0 saturated carbocycles. The van der Waals surface area contributed by atoms with E-state index in [1.165, 1.54) is 7.11 Å². The predicted octanol–water partition coefficient (Wildman–Crippen LogP) is 2.19. The van der Waals surface area contributed by atoms with E-state index in [9.17, 15) is 4.79 Å². The molecule has 1 aliphatic heterocycles. The second-order valence-electron chi connectivity index (χ2n) is 5.21. The van der Waals surface area contributed by atoms with Gasteiger partial charge in [-0.15, -0.1) is 0 Å². The van der Waals surface area contributed by atoms with Crippen LogP contribution in [0.3, 0.4) is 0 Å². The number of ether oxygens (including phenoxy) is 2. The van der Waals surface area contributed by atoms with E-state index in [0.717, 1.165) is 25.2 Å². The van der Waals surface area contributed by atoms with Crippen molar-refractivity contribution < 1.29 is 14.3 Å². The van der Waals surface area contributed by atoms with Crippen LogP contribution in [0.1, 0.15) is 12.5 Å². The van der Waals surface area contributed by atoms with E-state index in [0.29, 0.717) is 22.6 Å². The zero-order chi connectivity index (χ0) is 16.1. The summed E-state index contributed by atoms with van der Waals surface area (Å²) in [6.07, 6.45) is 3.30. The highest BCUT2D eigenvalue weighted by Crippen LogP contribution is 2.36. The number of benzene rings is 1. The van der Waals surface area contributed by atoms with Gasteiger partial charge in [0, 0.05) is 31.8 Å². The lowest BCUT2D eigenvalue weighted by Crippen LogP contribution is -2.50. The van der Waals surface area contributed by atoms with E-state index >= 15 is 0 Å². The molecule has 2 rings (SSSR count). The minimum atomic E-state index is -0.000688. The molecule has 22 heavy (non-hydrogen) atoms. The molecule has 1 saturated heterocycles. The topological polar surface area (TPSA) is 50.8 Å². The predicted molar refractivity (Wildman–Crippen MR) is 87.6 cm³/mol. The summed E-state index contributed by atoms with van der Waals surface area (Å²) in [5.41, 5.74) is 0.791. The van der Waals surface area contributed by atoms with Gasteiger partial charge >= 0.3 is 0 Å². The van der Waals surface area contributed by atoms with Crippen LogP contribution in [0, 0.1) is 0 Å². The van der Waals surface area contributed by atoms with Crippen LogP contribution in [-0.2, 0) is 4.79 Å². The van der Waals surface area contributed by atoms with Crippen LogP contribution < -0.4 is 14.8 Å². The van der Waals surface area contributed by atoms with Crippen LogP contribution in [0.25, 0.3) is 6.08 Å². The summed E-state index contributed by atoms with van der Waals surface area (Å²) < 4.78 is 10.4. The fourth-order valence-corrected chi connectivity index (χ4v) is 2.74. The maximum absolute atomic E-state index is 12.2. The SMILES string of the molecule is COc1cc(/C=C/C(=O)N2CCNC(C)C2)cc(Cl)c1OC. The molecule has 1 aliphatic rings. The van der Waals surface area contributed by atoms with E-state index < -0.39 is 0 Å². The summed E-state index contributed by atoms with van der Waals surface area (Å²) in [6, 6.07) is 3.85. The van der Waals surface area contributed by atoms with E-state index in [1.807, 2.05) is 4.90 Å². The van der Waals surface area contributed by atoms with Crippen LogP contribution >= 0.6 is 11.6 Å². The number of carbonyl (C=O) groups is 1. The van der Waals surface area contributed by atoms with Crippen LogP contribution in [0.5, 0.6) is 11.5 Å². The molecule has 1 aromatic carbocycles. The lowest BCUT2D eigenvalue weighted by Gasteiger charge is -2.31. The van der Waals surface area contributed by atoms with Gasteiger partial charge in [-0.3, -0.25) is 4.79 Å². The number of hydrogen-bond acceptors (Lipinski definition) is 4. The third-order valence-corrected chi connectivity index (χ3v) is 3.84. The normalized spacial score (nSPS) is 18.5. The van der Waals surface area contributed by atoms with Crippen LogP contribution in [-0.4, -0.2) is 50.7 Å². The largest absolute Gasteiger partial charge is 0.493 e. The number of methoxy groups -OCH3 is 2. The third-order valence-electron chi connectivity index (χ3n) is 3.55. The number of hydrogen-bond donors (Lipinski definition) is 1. The van der Waals surface area contributed by atoms with Gasteiger partial charge in [-0.25, -0.2) is 0 Å². The standard InChI is InChI=1S/C16H21ClN2O3/c1-11-10-19(7-6-18-11)15(20)5-4-12-8-13(17)16(22-3)14(9-12)21-2/h4-5,8-9,11,18H,6-7,10H2,1-3H3/b5-4+. The second kappa shape index (κ2) is 7.51. The van der Waals surface area contributed by atoms with Crippen molar-refractivity contribution >= 4 is 23.6 Å². The molecular weight excluding hydrogens is 304 g/mol. The van der Waals surface area contributed by atoms with Crippen molar-refractivity contribution in [2.24, 2.45) is 0 Å². The molecule has 1 heterocycles. The van der Waals surface area contributed by atoms with Crippen LogP contribution in [0.2, 0.25) is 5.02 Å². The van der Waals surface area contributed by atoms with Gasteiger partial charge in [-0.05, 0) is 30.7 Å².